The van der Waals surface area contributed by atoms with Gasteiger partial charge in [0, 0.05) is 10.8 Å². The van der Waals surface area contributed by atoms with Gasteiger partial charge in [0.1, 0.15) is 0 Å². The Morgan fingerprint density at radius 1 is 0.341 bits per heavy atom. The third-order valence-electron chi connectivity index (χ3n) is 12.7. The molecule has 44 heavy (non-hydrogen) atoms. The molecule has 0 aliphatic heterocycles. The summed E-state index contributed by atoms with van der Waals surface area (Å²) in [5.41, 5.74) is 4.16. The highest BCUT2D eigenvalue weighted by molar-refractivity contribution is 6.17. The van der Waals surface area contributed by atoms with Gasteiger partial charge < -0.3 is 0 Å². The Morgan fingerprint density at radius 2 is 0.591 bits per heavy atom. The second-order valence-electron chi connectivity index (χ2n) is 15.0. The maximum Gasteiger partial charge on any atom is 0.166 e. The van der Waals surface area contributed by atoms with Crippen LogP contribution < -0.4 is 0 Å². The number of hydrogen-bond acceptors (Lipinski definition) is 2. The lowest BCUT2D eigenvalue weighted by Gasteiger charge is -2.79. The summed E-state index contributed by atoms with van der Waals surface area (Å²) in [7, 11) is 0. The van der Waals surface area contributed by atoms with Crippen molar-refractivity contribution in [3.63, 3.8) is 0 Å². The largest absolute Gasteiger partial charge is 0.294 e. The van der Waals surface area contributed by atoms with Crippen LogP contribution in [0, 0.1) is 21.7 Å². The molecule has 0 aromatic carbocycles. The number of hydrogen-bond donors (Lipinski definition) is 0. The Bertz CT molecular complexity index is 948. The van der Waals surface area contributed by atoms with E-state index in [9.17, 15) is 0 Å². The van der Waals surface area contributed by atoms with Gasteiger partial charge in [0.25, 0.3) is 0 Å². The van der Waals surface area contributed by atoms with E-state index < -0.39 is 10.8 Å². The van der Waals surface area contributed by atoms with Gasteiger partial charge in [-0.15, -0.1) is 0 Å². The summed E-state index contributed by atoms with van der Waals surface area (Å²) in [6.45, 7) is 18.5. The zero-order chi connectivity index (χ0) is 32.4. The van der Waals surface area contributed by atoms with Gasteiger partial charge in [0.2, 0.25) is 0 Å². The van der Waals surface area contributed by atoms with Crippen molar-refractivity contribution >= 4 is 11.6 Å². The van der Waals surface area contributed by atoms with E-state index in [0.717, 1.165) is 154 Å². The van der Waals surface area contributed by atoms with Crippen LogP contribution in [0.5, 0.6) is 0 Å². The van der Waals surface area contributed by atoms with E-state index in [-0.39, 0.29) is 10.8 Å². The molecule has 0 aromatic rings. The Hall–Kier alpha value is -1.18. The van der Waals surface area contributed by atoms with Gasteiger partial charge in [-0.25, -0.2) is 0 Å². The zero-order valence-electron chi connectivity index (χ0n) is 30.8. The summed E-state index contributed by atoms with van der Waals surface area (Å²) < 4.78 is 0. The number of fused-ring (bicyclic) bond motifs is 4. The van der Waals surface area contributed by atoms with Gasteiger partial charge >= 0.3 is 0 Å². The third-order valence-corrected chi connectivity index (χ3v) is 12.7. The van der Waals surface area contributed by atoms with Crippen LogP contribution in [0.1, 0.15) is 209 Å². The second kappa shape index (κ2) is 16.6. The molecule has 252 valence electrons. The summed E-state index contributed by atoms with van der Waals surface area (Å²) in [6.07, 6.45) is 26.0. The molecule has 1 fully saturated rings. The average molecular weight is 609 g/mol. The molecule has 3 aliphatic carbocycles. The first-order valence-corrected chi connectivity index (χ1v) is 19.9. The zero-order valence-corrected chi connectivity index (χ0v) is 30.8. The van der Waals surface area contributed by atoms with Crippen molar-refractivity contribution in [3.8, 4) is 0 Å². The maximum absolute atomic E-state index is 15.7. The molecule has 0 saturated heterocycles. The molecule has 3 aliphatic rings. The number of carbonyl (C=O) groups is 2. The molecule has 0 amide bonds. The monoisotopic (exact) mass is 609 g/mol. The summed E-state index contributed by atoms with van der Waals surface area (Å²) >= 11 is 0. The first-order valence-electron chi connectivity index (χ1n) is 19.9. The minimum Gasteiger partial charge on any atom is -0.294 e. The van der Waals surface area contributed by atoms with Gasteiger partial charge in [-0.2, -0.15) is 0 Å². The van der Waals surface area contributed by atoms with Gasteiger partial charge in [0.05, 0.1) is 10.8 Å². The molecule has 2 heteroatoms. The highest BCUT2D eigenvalue weighted by Gasteiger charge is 2.94. The number of ketones is 2. The first-order chi connectivity index (χ1) is 21.3. The standard InChI is InChI=1S/C42H72O2/c1-9-17-25-33-35(27-19-11-3)39(29-21-13-5)40(30-22-14-6)36(28-20-12-4)34(26-18-10-2)38(44)42(40,32-24-16-8)41(39,37(33)43)31-23-15-7/h9-32H2,1-8H3/t39-,40-,41-,42-/m1/s1. The molecular weight excluding hydrogens is 536 g/mol. The fourth-order valence-corrected chi connectivity index (χ4v) is 11.2. The molecule has 0 aromatic heterocycles. The number of unbranched alkanes of at least 4 members (excludes halogenated alkanes) is 8. The normalized spacial score (nSPS) is 29.5. The van der Waals surface area contributed by atoms with Crippen molar-refractivity contribution in [2.24, 2.45) is 21.7 Å². The summed E-state index contributed by atoms with van der Waals surface area (Å²) in [5.74, 6) is 0.925. The van der Waals surface area contributed by atoms with Crippen molar-refractivity contribution < 1.29 is 9.59 Å². The topological polar surface area (TPSA) is 34.1 Å². The van der Waals surface area contributed by atoms with Crippen LogP contribution in [0.4, 0.5) is 0 Å². The summed E-state index contributed by atoms with van der Waals surface area (Å²) in [5, 5.41) is 0. The smallest absolute Gasteiger partial charge is 0.166 e. The number of carbonyl (C=O) groups excluding carboxylic acids is 2. The molecule has 1 saturated carbocycles. The van der Waals surface area contributed by atoms with Crippen LogP contribution in [0.15, 0.2) is 22.3 Å². The maximum atomic E-state index is 15.7. The van der Waals surface area contributed by atoms with E-state index >= 15 is 9.59 Å². The third kappa shape index (κ3) is 5.27. The molecule has 0 radical (unpaired) electrons. The van der Waals surface area contributed by atoms with E-state index in [1.54, 1.807) is 11.1 Å². The second-order valence-corrected chi connectivity index (χ2v) is 15.0. The fraction of sp³-hybridized carbons (Fsp3) is 0.857. The van der Waals surface area contributed by atoms with Crippen molar-refractivity contribution in [2.45, 2.75) is 209 Å². The highest BCUT2D eigenvalue weighted by atomic mass is 16.1. The number of rotatable bonds is 24. The highest BCUT2D eigenvalue weighted by Crippen LogP contribution is 2.93. The SMILES string of the molecule is CCCCC1=C(CCCC)[C@@]2(CCCC)[C@@](CCCC)(C1=O)[C@]1(CCCC)C(=O)C(CCCC)=C(CCCC)[C@@]12CCCC. The fourth-order valence-electron chi connectivity index (χ4n) is 11.2. The average Bonchev–Trinajstić information content (AvgIpc) is 3.32. The Morgan fingerprint density at radius 3 is 0.864 bits per heavy atom. The van der Waals surface area contributed by atoms with Crippen LogP contribution in [-0.4, -0.2) is 11.6 Å². The molecule has 0 N–H and O–H groups in total. The number of Topliss-reactive ketones (excluding diaryl/α,β-unsaturated/α-hetero) is 2. The van der Waals surface area contributed by atoms with E-state index in [4.69, 9.17) is 0 Å². The van der Waals surface area contributed by atoms with Crippen molar-refractivity contribution in [3.05, 3.63) is 22.3 Å². The van der Waals surface area contributed by atoms with Crippen LogP contribution in [0.25, 0.3) is 0 Å². The Labute approximate surface area is 274 Å². The van der Waals surface area contributed by atoms with Crippen molar-refractivity contribution in [2.75, 3.05) is 0 Å². The Kier molecular flexibility index (Phi) is 14.1. The molecule has 0 heterocycles. The van der Waals surface area contributed by atoms with Gasteiger partial charge in [-0.1, -0.05) is 144 Å². The molecular formula is C42H72O2. The van der Waals surface area contributed by atoms with E-state index in [1.807, 2.05) is 0 Å². The molecule has 4 atom stereocenters. The van der Waals surface area contributed by atoms with Crippen molar-refractivity contribution in [1.82, 2.24) is 0 Å². The summed E-state index contributed by atoms with van der Waals surface area (Å²) in [6, 6.07) is 0. The first kappa shape index (κ1) is 37.3. The number of allylic oxidation sites excluding steroid dienone is 4. The Balaban J connectivity index is 2.59. The minimum atomic E-state index is -0.539. The van der Waals surface area contributed by atoms with Gasteiger partial charge in [-0.3, -0.25) is 9.59 Å². The lowest BCUT2D eigenvalue weighted by atomic mass is 9.20. The van der Waals surface area contributed by atoms with Gasteiger partial charge in [0.15, 0.2) is 11.6 Å². The minimum absolute atomic E-state index is 0.171. The lowest BCUT2D eigenvalue weighted by Crippen LogP contribution is -2.80. The predicted molar refractivity (Wildman–Crippen MR) is 190 cm³/mol. The van der Waals surface area contributed by atoms with Crippen LogP contribution >= 0.6 is 0 Å². The van der Waals surface area contributed by atoms with Crippen LogP contribution in [-0.2, 0) is 9.59 Å². The lowest BCUT2D eigenvalue weighted by molar-refractivity contribution is -0.280. The molecule has 2 nitrogen and oxygen atoms in total. The predicted octanol–water partition coefficient (Wildman–Crippen LogP) is 13.2. The van der Waals surface area contributed by atoms with E-state index in [0.29, 0.717) is 11.6 Å². The van der Waals surface area contributed by atoms with Crippen molar-refractivity contribution in [1.29, 1.82) is 0 Å². The van der Waals surface area contributed by atoms with Crippen LogP contribution in [0.2, 0.25) is 0 Å². The van der Waals surface area contributed by atoms with Crippen LogP contribution in [0.3, 0.4) is 0 Å². The quantitative estimate of drug-likeness (QED) is 0.109. The van der Waals surface area contributed by atoms with E-state index in [1.165, 1.54) is 11.1 Å². The molecule has 0 unspecified atom stereocenters. The molecule has 0 spiro atoms. The van der Waals surface area contributed by atoms with Gasteiger partial charge in [-0.05, 0) is 88.2 Å². The molecule has 3 rings (SSSR count). The summed E-state index contributed by atoms with van der Waals surface area (Å²) in [4.78, 5) is 31.5. The molecule has 0 bridgehead atoms. The van der Waals surface area contributed by atoms with E-state index in [2.05, 4.69) is 55.4 Å².